The number of nitrogens with zero attached hydrogens (tertiary/aromatic N) is 1. The predicted octanol–water partition coefficient (Wildman–Crippen LogP) is -0.502. The van der Waals surface area contributed by atoms with E-state index in [0.29, 0.717) is 19.4 Å². The van der Waals surface area contributed by atoms with Gasteiger partial charge in [0.15, 0.2) is 0 Å². The van der Waals surface area contributed by atoms with Crippen LogP contribution in [0.15, 0.2) is 4.99 Å². The molecule has 0 spiro atoms. The fourth-order valence-corrected chi connectivity index (χ4v) is 0.670. The first-order valence-electron chi connectivity index (χ1n) is 4.76. The monoisotopic (exact) mass is 220 g/mol. The van der Waals surface area contributed by atoms with Crippen LogP contribution in [0.3, 0.4) is 0 Å². The zero-order valence-electron chi connectivity index (χ0n) is 9.10. The summed E-state index contributed by atoms with van der Waals surface area (Å²) < 4.78 is 0. The fourth-order valence-electron chi connectivity index (χ4n) is 0.670. The van der Waals surface area contributed by atoms with Crippen LogP contribution < -0.4 is 16.9 Å². The largest absolute Gasteiger partial charge is 0.480 e. The van der Waals surface area contributed by atoms with Crippen molar-refractivity contribution < 1.29 is 15.1 Å². The second-order valence-corrected chi connectivity index (χ2v) is 2.47. The first kappa shape index (κ1) is 16.1. The van der Waals surface area contributed by atoms with E-state index in [4.69, 9.17) is 21.8 Å². The highest BCUT2D eigenvalue weighted by atomic mass is 16.5. The minimum atomic E-state index is -1.03. The topological polar surface area (TPSA) is 134 Å². The molecule has 1 atom stereocenters. The number of guanidine groups is 1. The zero-order chi connectivity index (χ0) is 12.3. The van der Waals surface area contributed by atoms with E-state index in [1.54, 1.807) is 5.48 Å². The SMILES string of the molecule is CC.NC(=NCCCC(N)C(=O)O)NO. The van der Waals surface area contributed by atoms with Crippen LogP contribution in [-0.4, -0.2) is 34.8 Å². The first-order chi connectivity index (χ1) is 7.07. The molecule has 7 heteroatoms. The Balaban J connectivity index is 0. The Kier molecular flexibility index (Phi) is 11.5. The highest BCUT2D eigenvalue weighted by Gasteiger charge is 2.09. The Bertz CT molecular complexity index is 196. The van der Waals surface area contributed by atoms with E-state index in [0.717, 1.165) is 0 Å². The second kappa shape index (κ2) is 10.7. The molecule has 90 valence electrons. The van der Waals surface area contributed by atoms with Crippen molar-refractivity contribution in [1.29, 1.82) is 0 Å². The van der Waals surface area contributed by atoms with Gasteiger partial charge in [0.1, 0.15) is 6.04 Å². The van der Waals surface area contributed by atoms with E-state index in [-0.39, 0.29) is 5.96 Å². The third-order valence-corrected chi connectivity index (χ3v) is 1.39. The number of rotatable bonds is 5. The molecule has 0 amide bonds. The molecular weight excluding hydrogens is 200 g/mol. The van der Waals surface area contributed by atoms with Gasteiger partial charge < -0.3 is 16.6 Å². The predicted molar refractivity (Wildman–Crippen MR) is 57.6 cm³/mol. The molecule has 0 heterocycles. The third-order valence-electron chi connectivity index (χ3n) is 1.39. The average molecular weight is 220 g/mol. The van der Waals surface area contributed by atoms with Gasteiger partial charge in [-0.15, -0.1) is 0 Å². The van der Waals surface area contributed by atoms with Crippen molar-refractivity contribution >= 4 is 11.9 Å². The third kappa shape index (κ3) is 10.6. The average Bonchev–Trinajstić information content (AvgIpc) is 2.26. The molecule has 0 aliphatic carbocycles. The number of aliphatic carboxylic acids is 1. The normalized spacial score (nSPS) is 12.4. The van der Waals surface area contributed by atoms with Gasteiger partial charge in [0.05, 0.1) is 0 Å². The van der Waals surface area contributed by atoms with Gasteiger partial charge >= 0.3 is 5.97 Å². The maximum atomic E-state index is 10.2. The van der Waals surface area contributed by atoms with Crippen LogP contribution in [0.25, 0.3) is 0 Å². The quantitative estimate of drug-likeness (QED) is 0.183. The van der Waals surface area contributed by atoms with Crippen LogP contribution in [0, 0.1) is 0 Å². The summed E-state index contributed by atoms with van der Waals surface area (Å²) in [5.74, 6) is -1.12. The van der Waals surface area contributed by atoms with Gasteiger partial charge in [-0.1, -0.05) is 13.8 Å². The van der Waals surface area contributed by atoms with E-state index >= 15 is 0 Å². The van der Waals surface area contributed by atoms with Crippen molar-refractivity contribution in [2.75, 3.05) is 6.54 Å². The van der Waals surface area contributed by atoms with E-state index in [2.05, 4.69) is 4.99 Å². The molecule has 7 N–H and O–H groups in total. The number of carbonyl (C=O) groups is 1. The maximum Gasteiger partial charge on any atom is 0.320 e. The highest BCUT2D eigenvalue weighted by Crippen LogP contribution is 1.94. The van der Waals surface area contributed by atoms with Crippen LogP contribution in [0.2, 0.25) is 0 Å². The fraction of sp³-hybridized carbons (Fsp3) is 0.750. The molecule has 0 aliphatic rings. The van der Waals surface area contributed by atoms with Gasteiger partial charge in [0.25, 0.3) is 0 Å². The Morgan fingerprint density at radius 2 is 2.07 bits per heavy atom. The zero-order valence-corrected chi connectivity index (χ0v) is 9.10. The summed E-state index contributed by atoms with van der Waals surface area (Å²) in [5.41, 5.74) is 12.0. The van der Waals surface area contributed by atoms with Crippen molar-refractivity contribution in [1.82, 2.24) is 5.48 Å². The molecular formula is C8H20N4O3. The van der Waals surface area contributed by atoms with Crippen LogP contribution in [0.5, 0.6) is 0 Å². The number of aliphatic imine (C=N–C) groups is 1. The van der Waals surface area contributed by atoms with Gasteiger partial charge in [-0.2, -0.15) is 0 Å². The van der Waals surface area contributed by atoms with Crippen LogP contribution in [-0.2, 0) is 4.79 Å². The van der Waals surface area contributed by atoms with Crippen molar-refractivity contribution in [2.24, 2.45) is 16.5 Å². The smallest absolute Gasteiger partial charge is 0.320 e. The van der Waals surface area contributed by atoms with Gasteiger partial charge in [-0.25, -0.2) is 5.48 Å². The van der Waals surface area contributed by atoms with E-state index < -0.39 is 12.0 Å². The van der Waals surface area contributed by atoms with Gasteiger partial charge in [0, 0.05) is 6.54 Å². The summed E-state index contributed by atoms with van der Waals surface area (Å²) in [6, 6.07) is -0.862. The lowest BCUT2D eigenvalue weighted by atomic mass is 10.2. The summed E-state index contributed by atoms with van der Waals surface area (Å²) >= 11 is 0. The molecule has 15 heavy (non-hydrogen) atoms. The number of hydrogen-bond donors (Lipinski definition) is 5. The standard InChI is InChI=1S/C6H14N4O3.C2H6/c7-4(5(11)12)2-1-3-9-6(8)10-13;1-2/h4,13H,1-3,7H2,(H,11,12)(H3,8,9,10);1-2H3. The number of nitrogens with two attached hydrogens (primary N) is 2. The Hall–Kier alpha value is -1.34. The molecule has 0 saturated carbocycles. The van der Waals surface area contributed by atoms with Crippen molar-refractivity contribution in [3.8, 4) is 0 Å². The molecule has 0 rings (SSSR count). The summed E-state index contributed by atoms with van der Waals surface area (Å²) in [6.07, 6.45) is 0.841. The Labute approximate surface area is 89.1 Å². The maximum absolute atomic E-state index is 10.2. The lowest BCUT2D eigenvalue weighted by Crippen LogP contribution is -2.30. The Morgan fingerprint density at radius 1 is 1.53 bits per heavy atom. The molecule has 1 unspecified atom stereocenters. The number of nitrogens with one attached hydrogen (secondary N) is 1. The molecule has 0 aromatic heterocycles. The molecule has 0 bridgehead atoms. The van der Waals surface area contributed by atoms with Crippen molar-refractivity contribution in [3.63, 3.8) is 0 Å². The number of hydroxylamine groups is 1. The lowest BCUT2D eigenvalue weighted by Gasteiger charge is -2.03. The highest BCUT2D eigenvalue weighted by molar-refractivity contribution is 5.76. The van der Waals surface area contributed by atoms with Gasteiger partial charge in [0.2, 0.25) is 5.96 Å². The summed E-state index contributed by atoms with van der Waals surface area (Å²) in [5, 5.41) is 16.6. The number of hydrogen-bond acceptors (Lipinski definition) is 4. The molecule has 0 aromatic rings. The molecule has 0 saturated heterocycles. The molecule has 0 aromatic carbocycles. The summed E-state index contributed by atoms with van der Waals surface area (Å²) in [4.78, 5) is 13.9. The van der Waals surface area contributed by atoms with Crippen molar-refractivity contribution in [2.45, 2.75) is 32.7 Å². The molecule has 0 radical (unpaired) electrons. The van der Waals surface area contributed by atoms with Crippen LogP contribution in [0.4, 0.5) is 0 Å². The minimum absolute atomic E-state index is 0.0936. The number of carboxylic acid groups (broad SMARTS) is 1. The molecule has 0 fully saturated rings. The number of carboxylic acids is 1. The first-order valence-corrected chi connectivity index (χ1v) is 4.76. The lowest BCUT2D eigenvalue weighted by molar-refractivity contribution is -0.138. The molecule has 7 nitrogen and oxygen atoms in total. The molecule has 0 aliphatic heterocycles. The second-order valence-electron chi connectivity index (χ2n) is 2.47. The van der Waals surface area contributed by atoms with Crippen LogP contribution in [0.1, 0.15) is 26.7 Å². The van der Waals surface area contributed by atoms with Crippen molar-refractivity contribution in [3.05, 3.63) is 0 Å². The van der Waals surface area contributed by atoms with Crippen LogP contribution >= 0.6 is 0 Å². The summed E-state index contributed by atoms with van der Waals surface area (Å²) in [6.45, 7) is 4.33. The van der Waals surface area contributed by atoms with E-state index in [9.17, 15) is 4.79 Å². The minimum Gasteiger partial charge on any atom is -0.480 e. The Morgan fingerprint density at radius 3 is 2.47 bits per heavy atom. The van der Waals surface area contributed by atoms with E-state index in [1.807, 2.05) is 13.8 Å². The van der Waals surface area contributed by atoms with Gasteiger partial charge in [-0.3, -0.25) is 15.0 Å². The van der Waals surface area contributed by atoms with Gasteiger partial charge in [-0.05, 0) is 12.8 Å². The summed E-state index contributed by atoms with van der Waals surface area (Å²) in [7, 11) is 0. The van der Waals surface area contributed by atoms with E-state index in [1.165, 1.54) is 0 Å².